The number of rotatable bonds is 17. The summed E-state index contributed by atoms with van der Waals surface area (Å²) in [5.41, 5.74) is 0. The van der Waals surface area contributed by atoms with Crippen LogP contribution >= 0.6 is 0 Å². The minimum Gasteiger partial charge on any atom is -0.463 e. The van der Waals surface area contributed by atoms with Gasteiger partial charge in [0.1, 0.15) is 19.3 Å². The Bertz CT molecular complexity index is 381. The standard InChI is InChI=1S/C20H36O7/c1-4-6-8-10-12-19(22)24-14-18(27-16-26-17(3)21)15-25-20(23)13-11-9-7-5-2/h18H,4-16H2,1-3H3. The lowest BCUT2D eigenvalue weighted by molar-refractivity contribution is -0.174. The van der Waals surface area contributed by atoms with Crippen molar-refractivity contribution >= 4 is 17.9 Å². The number of carbonyl (C=O) groups is 3. The third-order valence-electron chi connectivity index (χ3n) is 3.90. The molecule has 0 atom stereocenters. The fourth-order valence-electron chi connectivity index (χ4n) is 2.27. The van der Waals surface area contributed by atoms with Gasteiger partial charge < -0.3 is 18.9 Å². The molecule has 0 unspecified atom stereocenters. The molecule has 0 aliphatic carbocycles. The average Bonchev–Trinajstić information content (AvgIpc) is 2.63. The van der Waals surface area contributed by atoms with Crippen LogP contribution in [0.2, 0.25) is 0 Å². The molecule has 7 nitrogen and oxygen atoms in total. The smallest absolute Gasteiger partial charge is 0.305 e. The molecule has 0 fully saturated rings. The molecule has 0 saturated carbocycles. The Kier molecular flexibility index (Phi) is 16.7. The predicted molar refractivity (Wildman–Crippen MR) is 101 cm³/mol. The minimum absolute atomic E-state index is 0.0447. The highest BCUT2D eigenvalue weighted by molar-refractivity contribution is 5.69. The molecule has 27 heavy (non-hydrogen) atoms. The molecule has 0 heterocycles. The maximum absolute atomic E-state index is 11.8. The van der Waals surface area contributed by atoms with Gasteiger partial charge in [0.15, 0.2) is 6.79 Å². The van der Waals surface area contributed by atoms with Crippen LogP contribution in [-0.2, 0) is 33.3 Å². The lowest BCUT2D eigenvalue weighted by Crippen LogP contribution is -2.29. The van der Waals surface area contributed by atoms with Gasteiger partial charge in [-0.2, -0.15) is 0 Å². The maximum atomic E-state index is 11.8. The van der Waals surface area contributed by atoms with Gasteiger partial charge in [-0.05, 0) is 12.8 Å². The van der Waals surface area contributed by atoms with E-state index in [-0.39, 0.29) is 31.9 Å². The molecule has 158 valence electrons. The van der Waals surface area contributed by atoms with Crippen LogP contribution in [0.25, 0.3) is 0 Å². The molecule has 7 heteroatoms. The second-order valence-electron chi connectivity index (χ2n) is 6.53. The highest BCUT2D eigenvalue weighted by Crippen LogP contribution is 2.06. The molecule has 0 spiro atoms. The summed E-state index contributed by atoms with van der Waals surface area (Å²) in [6, 6.07) is 0. The third kappa shape index (κ3) is 17.5. The van der Waals surface area contributed by atoms with Crippen molar-refractivity contribution in [3.63, 3.8) is 0 Å². The topological polar surface area (TPSA) is 88.1 Å². The quantitative estimate of drug-likeness (QED) is 0.161. The second kappa shape index (κ2) is 17.8. The van der Waals surface area contributed by atoms with E-state index >= 15 is 0 Å². The molecule has 0 aliphatic heterocycles. The fourth-order valence-corrected chi connectivity index (χ4v) is 2.27. The van der Waals surface area contributed by atoms with Crippen LogP contribution in [0.1, 0.15) is 85.0 Å². The van der Waals surface area contributed by atoms with Crippen molar-refractivity contribution < 1.29 is 33.3 Å². The van der Waals surface area contributed by atoms with Gasteiger partial charge in [0.05, 0.1) is 0 Å². The van der Waals surface area contributed by atoms with Crippen LogP contribution in [0.4, 0.5) is 0 Å². The van der Waals surface area contributed by atoms with Crippen molar-refractivity contribution in [1.82, 2.24) is 0 Å². The minimum atomic E-state index is -0.663. The molecular weight excluding hydrogens is 352 g/mol. The van der Waals surface area contributed by atoms with Crippen molar-refractivity contribution in [2.45, 2.75) is 91.1 Å². The first kappa shape index (κ1) is 25.4. The van der Waals surface area contributed by atoms with E-state index in [0.717, 1.165) is 51.4 Å². The first-order valence-electron chi connectivity index (χ1n) is 10.1. The lowest BCUT2D eigenvalue weighted by Gasteiger charge is -2.18. The Hall–Kier alpha value is -1.63. The average molecular weight is 389 g/mol. The van der Waals surface area contributed by atoms with Crippen LogP contribution in [0.5, 0.6) is 0 Å². The van der Waals surface area contributed by atoms with Gasteiger partial charge >= 0.3 is 17.9 Å². The van der Waals surface area contributed by atoms with E-state index in [4.69, 9.17) is 18.9 Å². The summed E-state index contributed by atoms with van der Waals surface area (Å²) in [5.74, 6) is -1.09. The van der Waals surface area contributed by atoms with E-state index in [1.54, 1.807) is 0 Å². The summed E-state index contributed by atoms with van der Waals surface area (Å²) in [6.07, 6.45) is 8.00. The summed E-state index contributed by atoms with van der Waals surface area (Å²) >= 11 is 0. The van der Waals surface area contributed by atoms with Crippen molar-refractivity contribution in [3.8, 4) is 0 Å². The zero-order valence-electron chi connectivity index (χ0n) is 17.1. The van der Waals surface area contributed by atoms with Crippen molar-refractivity contribution in [2.75, 3.05) is 20.0 Å². The molecule has 0 rings (SSSR count). The zero-order chi connectivity index (χ0) is 20.3. The summed E-state index contributed by atoms with van der Waals surface area (Å²) < 4.78 is 20.5. The number of ether oxygens (including phenoxy) is 4. The van der Waals surface area contributed by atoms with Crippen LogP contribution < -0.4 is 0 Å². The van der Waals surface area contributed by atoms with Gasteiger partial charge in [0.2, 0.25) is 0 Å². The lowest BCUT2D eigenvalue weighted by atomic mass is 10.1. The predicted octanol–water partition coefficient (Wildman–Crippen LogP) is 3.92. The Morgan fingerprint density at radius 3 is 1.59 bits per heavy atom. The number of unbranched alkanes of at least 4 members (excludes halogenated alkanes) is 6. The molecule has 0 aromatic rings. The van der Waals surface area contributed by atoms with E-state index in [1.807, 2.05) is 0 Å². The SMILES string of the molecule is CCCCCCC(=O)OCC(COC(=O)CCCCCC)OCOC(C)=O. The largest absolute Gasteiger partial charge is 0.463 e. The van der Waals surface area contributed by atoms with Crippen molar-refractivity contribution in [3.05, 3.63) is 0 Å². The molecule has 0 amide bonds. The van der Waals surface area contributed by atoms with E-state index < -0.39 is 12.1 Å². The Morgan fingerprint density at radius 2 is 1.19 bits per heavy atom. The Balaban J connectivity index is 4.16. The first-order valence-corrected chi connectivity index (χ1v) is 10.1. The second-order valence-corrected chi connectivity index (χ2v) is 6.53. The number of hydrogen-bond acceptors (Lipinski definition) is 7. The number of hydrogen-bond donors (Lipinski definition) is 0. The van der Waals surface area contributed by atoms with E-state index in [0.29, 0.717) is 12.8 Å². The highest BCUT2D eigenvalue weighted by atomic mass is 16.7. The van der Waals surface area contributed by atoms with Gasteiger partial charge in [-0.1, -0.05) is 52.4 Å². The summed E-state index contributed by atoms with van der Waals surface area (Å²) in [5, 5.41) is 0. The highest BCUT2D eigenvalue weighted by Gasteiger charge is 2.16. The van der Waals surface area contributed by atoms with Crippen LogP contribution in [-0.4, -0.2) is 44.0 Å². The Morgan fingerprint density at radius 1 is 0.704 bits per heavy atom. The Labute approximate surface area is 163 Å². The first-order chi connectivity index (χ1) is 13.0. The van der Waals surface area contributed by atoms with Gasteiger partial charge in [-0.25, -0.2) is 0 Å². The van der Waals surface area contributed by atoms with Gasteiger partial charge in [-0.15, -0.1) is 0 Å². The van der Waals surface area contributed by atoms with Crippen LogP contribution in [0.3, 0.4) is 0 Å². The third-order valence-corrected chi connectivity index (χ3v) is 3.90. The molecule has 0 saturated heterocycles. The summed E-state index contributed by atoms with van der Waals surface area (Å²) in [7, 11) is 0. The van der Waals surface area contributed by atoms with Gasteiger partial charge in [0.25, 0.3) is 0 Å². The van der Waals surface area contributed by atoms with Crippen molar-refractivity contribution in [1.29, 1.82) is 0 Å². The summed E-state index contributed by atoms with van der Waals surface area (Å²) in [4.78, 5) is 34.4. The molecular formula is C20H36O7. The van der Waals surface area contributed by atoms with Gasteiger partial charge in [-0.3, -0.25) is 14.4 Å². The molecule has 0 radical (unpaired) electrons. The number of esters is 3. The molecule has 0 bridgehead atoms. The zero-order valence-corrected chi connectivity index (χ0v) is 17.1. The fraction of sp³-hybridized carbons (Fsp3) is 0.850. The molecule has 0 aromatic heterocycles. The van der Waals surface area contributed by atoms with E-state index in [1.165, 1.54) is 6.92 Å². The van der Waals surface area contributed by atoms with Crippen molar-refractivity contribution in [2.24, 2.45) is 0 Å². The maximum Gasteiger partial charge on any atom is 0.305 e. The monoisotopic (exact) mass is 388 g/mol. The molecule has 0 aromatic carbocycles. The normalized spacial score (nSPS) is 10.7. The molecule has 0 N–H and O–H groups in total. The van der Waals surface area contributed by atoms with E-state index in [2.05, 4.69) is 13.8 Å². The number of carbonyl (C=O) groups excluding carboxylic acids is 3. The van der Waals surface area contributed by atoms with Gasteiger partial charge in [0, 0.05) is 19.8 Å². The van der Waals surface area contributed by atoms with Crippen LogP contribution in [0.15, 0.2) is 0 Å². The molecule has 0 aliphatic rings. The van der Waals surface area contributed by atoms with E-state index in [9.17, 15) is 14.4 Å². The summed E-state index contributed by atoms with van der Waals surface area (Å²) in [6.45, 7) is 5.12. The van der Waals surface area contributed by atoms with Crippen LogP contribution in [0, 0.1) is 0 Å².